The molecule has 1 aliphatic heterocycles. The van der Waals surface area contributed by atoms with Gasteiger partial charge in [-0.3, -0.25) is 4.79 Å². The van der Waals surface area contributed by atoms with E-state index in [-0.39, 0.29) is 18.2 Å². The molecule has 1 aliphatic rings. The minimum Gasteiger partial charge on any atom is -0.387 e. The van der Waals surface area contributed by atoms with Crippen molar-refractivity contribution in [1.82, 2.24) is 35.0 Å². The van der Waals surface area contributed by atoms with E-state index < -0.39 is 23.5 Å². The summed E-state index contributed by atoms with van der Waals surface area (Å²) in [6, 6.07) is 5.34. The second kappa shape index (κ2) is 11.4. The number of carbonyl (C=O) groups excluding carboxylic acids is 1. The van der Waals surface area contributed by atoms with Crippen LogP contribution in [0.2, 0.25) is 0 Å². The average Bonchev–Trinajstić information content (AvgIpc) is 3.39. The molecule has 4 aromatic rings. The molecule has 0 aliphatic carbocycles. The molecule has 3 N–H and O–H groups in total. The number of aliphatic hydroxyl groups is 1. The summed E-state index contributed by atoms with van der Waals surface area (Å²) in [7, 11) is 0. The Kier molecular flexibility index (Phi) is 7.71. The third-order valence-corrected chi connectivity index (χ3v) is 6.84. The van der Waals surface area contributed by atoms with Crippen molar-refractivity contribution in [2.75, 3.05) is 29.9 Å². The molecule has 5 heterocycles. The zero-order chi connectivity index (χ0) is 29.1. The van der Waals surface area contributed by atoms with Gasteiger partial charge in [0, 0.05) is 43.0 Å². The Morgan fingerprint density at radius 2 is 1.88 bits per heavy atom. The molecular weight excluding hydrogens is 534 g/mol. The van der Waals surface area contributed by atoms with Gasteiger partial charge in [-0.15, -0.1) is 0 Å². The minimum atomic E-state index is -1.67. The number of anilines is 2. The molecule has 1 saturated heterocycles. The lowest BCUT2D eigenvalue weighted by Gasteiger charge is -2.33. The van der Waals surface area contributed by atoms with Crippen molar-refractivity contribution in [3.63, 3.8) is 0 Å². The van der Waals surface area contributed by atoms with E-state index in [2.05, 4.69) is 35.7 Å². The lowest BCUT2D eigenvalue weighted by atomic mass is 10.0. The van der Waals surface area contributed by atoms with Crippen LogP contribution in [0.1, 0.15) is 42.6 Å². The molecule has 12 nitrogen and oxygen atoms in total. The van der Waals surface area contributed by atoms with E-state index in [0.29, 0.717) is 60.0 Å². The van der Waals surface area contributed by atoms with Gasteiger partial charge in [-0.05, 0) is 32.8 Å². The first-order valence-electron chi connectivity index (χ1n) is 13.0. The van der Waals surface area contributed by atoms with Crippen LogP contribution >= 0.6 is 0 Å². The van der Waals surface area contributed by atoms with Crippen LogP contribution in [-0.2, 0) is 0 Å². The Hall–Kier alpha value is -4.77. The Morgan fingerprint density at radius 3 is 2.56 bits per heavy atom. The molecule has 1 atom stereocenters. The number of fused-ring (bicyclic) bond motifs is 1. The molecule has 1 amide bonds. The molecule has 1 unspecified atom stereocenters. The Bertz CT molecular complexity index is 1590. The van der Waals surface area contributed by atoms with Gasteiger partial charge in [-0.25, -0.2) is 28.7 Å². The summed E-state index contributed by atoms with van der Waals surface area (Å²) >= 11 is 0. The predicted molar refractivity (Wildman–Crippen MR) is 146 cm³/mol. The molecule has 0 spiro atoms. The van der Waals surface area contributed by atoms with Gasteiger partial charge in [0.05, 0.1) is 47.6 Å². The van der Waals surface area contributed by atoms with Gasteiger partial charge in [0.25, 0.3) is 5.91 Å². The van der Waals surface area contributed by atoms with Gasteiger partial charge in [-0.1, -0.05) is 0 Å². The second-order valence-electron chi connectivity index (χ2n) is 10.3. The van der Waals surface area contributed by atoms with Crippen molar-refractivity contribution in [2.45, 2.75) is 44.5 Å². The highest BCUT2D eigenvalue weighted by Gasteiger charge is 2.28. The van der Waals surface area contributed by atoms with Gasteiger partial charge >= 0.3 is 0 Å². The minimum absolute atomic E-state index is 0.0375. The summed E-state index contributed by atoms with van der Waals surface area (Å²) < 4.78 is 29.1. The van der Waals surface area contributed by atoms with Crippen molar-refractivity contribution in [1.29, 1.82) is 5.26 Å². The highest BCUT2D eigenvalue weighted by atomic mass is 19.1. The van der Waals surface area contributed by atoms with Crippen LogP contribution in [-0.4, -0.2) is 78.2 Å². The van der Waals surface area contributed by atoms with Crippen molar-refractivity contribution < 1.29 is 18.7 Å². The number of nitrogens with one attached hydrogen (secondary N) is 2. The first-order chi connectivity index (χ1) is 19.6. The summed E-state index contributed by atoms with van der Waals surface area (Å²) in [5.41, 5.74) is -0.0815. The average molecular weight is 563 g/mol. The van der Waals surface area contributed by atoms with Crippen LogP contribution in [0.3, 0.4) is 0 Å². The zero-order valence-corrected chi connectivity index (χ0v) is 22.4. The van der Waals surface area contributed by atoms with Crippen LogP contribution in [0.15, 0.2) is 43.1 Å². The standard InChI is InChI=1S/C27H28F2N10O2/c1-27(2,41)22(29)15-33-25(40)20-14-31-23(39-24-17(11-36-39)7-16(9-30)10-32-24)8-21(20)37-19-3-5-38(6-4-19)26-34-12-18(28)13-35-26/h7-8,10-14,19,22,41H,3-6,15H2,1-2H3,(H,31,37)(H,33,40). The summed E-state index contributed by atoms with van der Waals surface area (Å²) in [5.74, 6) is -0.232. The molecular formula is C27H28F2N10O2. The maximum atomic E-state index is 14.3. The SMILES string of the molecule is CC(C)(O)C(F)CNC(=O)c1cnc(-n2ncc3cc(C#N)cnc32)cc1NC1CCN(c2ncc(F)cn2)CC1. The Morgan fingerprint density at radius 1 is 1.15 bits per heavy atom. The number of piperidine rings is 1. The van der Waals surface area contributed by atoms with E-state index in [1.165, 1.54) is 30.9 Å². The molecule has 5 rings (SSSR count). The Labute approximate surface area is 234 Å². The summed E-state index contributed by atoms with van der Waals surface area (Å²) in [5, 5.41) is 30.1. The third-order valence-electron chi connectivity index (χ3n) is 6.84. The zero-order valence-electron chi connectivity index (χ0n) is 22.4. The van der Waals surface area contributed by atoms with Crippen molar-refractivity contribution in [3.8, 4) is 11.9 Å². The molecule has 0 saturated carbocycles. The van der Waals surface area contributed by atoms with E-state index in [4.69, 9.17) is 0 Å². The van der Waals surface area contributed by atoms with Gasteiger partial charge in [0.1, 0.15) is 12.2 Å². The first-order valence-corrected chi connectivity index (χ1v) is 13.0. The first kappa shape index (κ1) is 27.8. The smallest absolute Gasteiger partial charge is 0.255 e. The van der Waals surface area contributed by atoms with E-state index >= 15 is 0 Å². The highest BCUT2D eigenvalue weighted by Crippen LogP contribution is 2.25. The maximum absolute atomic E-state index is 14.3. The molecule has 212 valence electrons. The lowest BCUT2D eigenvalue weighted by molar-refractivity contribution is -0.00177. The molecule has 0 radical (unpaired) electrons. The van der Waals surface area contributed by atoms with Crippen molar-refractivity contribution in [3.05, 3.63) is 60.1 Å². The fourth-order valence-electron chi connectivity index (χ4n) is 4.45. The van der Waals surface area contributed by atoms with Crippen LogP contribution in [0.25, 0.3) is 16.9 Å². The van der Waals surface area contributed by atoms with Crippen LogP contribution in [0.4, 0.5) is 20.4 Å². The monoisotopic (exact) mass is 562 g/mol. The fourth-order valence-corrected chi connectivity index (χ4v) is 4.45. The summed E-state index contributed by atoms with van der Waals surface area (Å²) in [6.45, 7) is 3.49. The second-order valence-corrected chi connectivity index (χ2v) is 10.3. The number of alkyl halides is 1. The van der Waals surface area contributed by atoms with E-state index in [0.717, 1.165) is 12.4 Å². The number of hydrogen-bond acceptors (Lipinski definition) is 10. The fraction of sp³-hybridized carbons (Fsp3) is 0.370. The van der Waals surface area contributed by atoms with Crippen molar-refractivity contribution >= 4 is 28.6 Å². The topological polar surface area (TPSA) is 158 Å². The molecule has 41 heavy (non-hydrogen) atoms. The number of rotatable bonds is 8. The largest absolute Gasteiger partial charge is 0.387 e. The normalized spacial score (nSPS) is 15.0. The van der Waals surface area contributed by atoms with Gasteiger partial charge in [-0.2, -0.15) is 15.0 Å². The van der Waals surface area contributed by atoms with E-state index in [1.807, 2.05) is 11.0 Å². The number of aromatic nitrogens is 6. The summed E-state index contributed by atoms with van der Waals surface area (Å²) in [4.78, 5) is 31.9. The van der Waals surface area contributed by atoms with Crippen LogP contribution < -0.4 is 15.5 Å². The van der Waals surface area contributed by atoms with E-state index in [1.54, 1.807) is 18.3 Å². The van der Waals surface area contributed by atoms with Crippen molar-refractivity contribution in [2.24, 2.45) is 0 Å². The van der Waals surface area contributed by atoms with Crippen LogP contribution in [0, 0.1) is 17.1 Å². The Balaban J connectivity index is 1.39. The van der Waals surface area contributed by atoms with Gasteiger partial charge < -0.3 is 20.6 Å². The van der Waals surface area contributed by atoms with E-state index in [9.17, 15) is 23.9 Å². The third kappa shape index (κ3) is 6.20. The molecule has 1 fully saturated rings. The maximum Gasteiger partial charge on any atom is 0.255 e. The van der Waals surface area contributed by atoms with Gasteiger partial charge in [0.2, 0.25) is 5.95 Å². The molecule has 0 aromatic carbocycles. The molecule has 4 aromatic heterocycles. The number of pyridine rings is 2. The number of halogens is 2. The van der Waals surface area contributed by atoms with Gasteiger partial charge in [0.15, 0.2) is 17.3 Å². The number of nitrogens with zero attached hydrogens (tertiary/aromatic N) is 8. The molecule has 0 bridgehead atoms. The van der Waals surface area contributed by atoms with Crippen LogP contribution in [0.5, 0.6) is 0 Å². The number of nitriles is 1. The highest BCUT2D eigenvalue weighted by molar-refractivity contribution is 5.99. The summed E-state index contributed by atoms with van der Waals surface area (Å²) in [6.07, 6.45) is 6.33. The lowest BCUT2D eigenvalue weighted by Crippen LogP contribution is -2.42. The number of carbonyl (C=O) groups is 1. The molecule has 14 heteroatoms. The quantitative estimate of drug-likeness (QED) is 0.291. The number of hydrogen-bond donors (Lipinski definition) is 3. The predicted octanol–water partition coefficient (Wildman–Crippen LogP) is 2.54. The number of amides is 1.